The lowest BCUT2D eigenvalue weighted by molar-refractivity contribution is -0.0385. The second kappa shape index (κ2) is 10.9. The standard InChI is InChI=1S/C28H33N5O4S/c1-18-14-22(33(30-18)25-6-4-5-12-36-25)26-27-28(38-31-26)23(37-17-20-7-9-21(34-3)10-8-20)15-24(29-27)32-11-13-35-16-19(32)2/h7-10,14-15,19,25H,4-6,11-13,16-17H2,1-3H3/t19-,25?/m1/s1. The first kappa shape index (κ1) is 25.1. The Kier molecular flexibility index (Phi) is 7.18. The van der Waals surface area contributed by atoms with Crippen LogP contribution in [0.25, 0.3) is 21.6 Å². The Labute approximate surface area is 226 Å². The Hall–Kier alpha value is -3.21. The molecule has 2 atom stereocenters. The first-order chi connectivity index (χ1) is 18.6. The predicted octanol–water partition coefficient (Wildman–Crippen LogP) is 5.38. The average molecular weight is 536 g/mol. The minimum atomic E-state index is -0.0857. The fourth-order valence-corrected chi connectivity index (χ4v) is 5.88. The van der Waals surface area contributed by atoms with Crippen LogP contribution in [0.3, 0.4) is 0 Å². The second-order valence-electron chi connectivity index (χ2n) is 9.88. The number of hydrogen-bond donors (Lipinski definition) is 0. The third-order valence-corrected chi connectivity index (χ3v) is 7.97. The van der Waals surface area contributed by atoms with Gasteiger partial charge in [-0.2, -0.15) is 9.47 Å². The summed E-state index contributed by atoms with van der Waals surface area (Å²) in [6.07, 6.45) is 3.07. The van der Waals surface area contributed by atoms with Crippen molar-refractivity contribution in [1.82, 2.24) is 19.1 Å². The number of aromatic nitrogens is 4. The van der Waals surface area contributed by atoms with Crippen molar-refractivity contribution in [3.05, 3.63) is 47.7 Å². The molecule has 38 heavy (non-hydrogen) atoms. The molecule has 0 saturated carbocycles. The highest BCUT2D eigenvalue weighted by atomic mass is 32.1. The van der Waals surface area contributed by atoms with E-state index in [9.17, 15) is 0 Å². The molecular formula is C28H33N5O4S. The van der Waals surface area contributed by atoms with Gasteiger partial charge in [-0.15, -0.1) is 0 Å². The number of rotatable bonds is 7. The Morgan fingerprint density at radius 3 is 2.76 bits per heavy atom. The van der Waals surface area contributed by atoms with Crippen LogP contribution < -0.4 is 14.4 Å². The molecule has 3 aromatic heterocycles. The van der Waals surface area contributed by atoms with E-state index >= 15 is 0 Å². The van der Waals surface area contributed by atoms with Crippen molar-refractivity contribution in [3.8, 4) is 22.9 Å². The molecule has 0 aliphatic carbocycles. The van der Waals surface area contributed by atoms with Gasteiger partial charge in [-0.1, -0.05) is 12.1 Å². The average Bonchev–Trinajstić information content (AvgIpc) is 3.56. The van der Waals surface area contributed by atoms with Crippen LogP contribution in [0.2, 0.25) is 0 Å². The van der Waals surface area contributed by atoms with Gasteiger partial charge in [0.05, 0.1) is 37.8 Å². The van der Waals surface area contributed by atoms with Gasteiger partial charge in [-0.05, 0) is 68.4 Å². The van der Waals surface area contributed by atoms with Crippen LogP contribution in [0.5, 0.6) is 11.5 Å². The third kappa shape index (κ3) is 4.95. The van der Waals surface area contributed by atoms with Crippen LogP contribution in [-0.2, 0) is 16.1 Å². The van der Waals surface area contributed by atoms with Crippen molar-refractivity contribution < 1.29 is 18.9 Å². The molecule has 1 aromatic carbocycles. The second-order valence-corrected chi connectivity index (χ2v) is 10.7. The first-order valence-electron chi connectivity index (χ1n) is 13.2. The summed E-state index contributed by atoms with van der Waals surface area (Å²) in [5, 5.41) is 4.79. The molecule has 6 rings (SSSR count). The molecule has 5 heterocycles. The van der Waals surface area contributed by atoms with E-state index in [4.69, 9.17) is 33.4 Å². The van der Waals surface area contributed by atoms with E-state index in [-0.39, 0.29) is 12.3 Å². The highest BCUT2D eigenvalue weighted by molar-refractivity contribution is 7.14. The van der Waals surface area contributed by atoms with Gasteiger partial charge in [0.15, 0.2) is 6.23 Å². The minimum absolute atomic E-state index is 0.0857. The molecule has 0 amide bonds. The summed E-state index contributed by atoms with van der Waals surface area (Å²) in [4.78, 5) is 7.45. The lowest BCUT2D eigenvalue weighted by Crippen LogP contribution is -2.44. The third-order valence-electron chi connectivity index (χ3n) is 7.12. The summed E-state index contributed by atoms with van der Waals surface area (Å²) in [6, 6.07) is 12.3. The van der Waals surface area contributed by atoms with Crippen molar-refractivity contribution >= 4 is 27.6 Å². The Balaban J connectivity index is 1.41. The van der Waals surface area contributed by atoms with Crippen LogP contribution in [-0.4, -0.2) is 58.7 Å². The summed E-state index contributed by atoms with van der Waals surface area (Å²) in [5.41, 5.74) is 4.57. The lowest BCUT2D eigenvalue weighted by atomic mass is 10.1. The summed E-state index contributed by atoms with van der Waals surface area (Å²) < 4.78 is 31.3. The molecular weight excluding hydrogens is 502 g/mol. The zero-order chi connectivity index (χ0) is 26.1. The van der Waals surface area contributed by atoms with Gasteiger partial charge in [0.2, 0.25) is 0 Å². The van der Waals surface area contributed by atoms with E-state index in [2.05, 4.69) is 17.9 Å². The minimum Gasteiger partial charge on any atom is -0.497 e. The number of nitrogens with zero attached hydrogens (tertiary/aromatic N) is 5. The van der Waals surface area contributed by atoms with E-state index in [0.29, 0.717) is 19.8 Å². The van der Waals surface area contributed by atoms with Gasteiger partial charge in [0.1, 0.15) is 39.8 Å². The summed E-state index contributed by atoms with van der Waals surface area (Å²) in [7, 11) is 1.67. The van der Waals surface area contributed by atoms with E-state index in [0.717, 1.165) is 82.6 Å². The summed E-state index contributed by atoms with van der Waals surface area (Å²) >= 11 is 1.41. The zero-order valence-corrected chi connectivity index (χ0v) is 22.9. The van der Waals surface area contributed by atoms with Gasteiger partial charge in [-0.25, -0.2) is 9.67 Å². The number of anilines is 1. The Morgan fingerprint density at radius 1 is 1.13 bits per heavy atom. The summed E-state index contributed by atoms with van der Waals surface area (Å²) in [6.45, 7) is 7.47. The number of ether oxygens (including phenoxy) is 4. The highest BCUT2D eigenvalue weighted by Gasteiger charge is 2.27. The quantitative estimate of drug-likeness (QED) is 0.312. The molecule has 0 N–H and O–H groups in total. The number of methoxy groups -OCH3 is 1. The largest absolute Gasteiger partial charge is 0.497 e. The van der Waals surface area contributed by atoms with Crippen LogP contribution in [0, 0.1) is 6.92 Å². The molecule has 2 aliphatic heterocycles. The van der Waals surface area contributed by atoms with Crippen LogP contribution in [0.15, 0.2) is 36.4 Å². The smallest absolute Gasteiger partial charge is 0.150 e. The fourth-order valence-electron chi connectivity index (χ4n) is 5.08. The Bertz CT molecular complexity index is 1400. The van der Waals surface area contributed by atoms with Crippen molar-refractivity contribution in [2.75, 3.05) is 38.4 Å². The highest BCUT2D eigenvalue weighted by Crippen LogP contribution is 2.40. The molecule has 0 spiro atoms. The van der Waals surface area contributed by atoms with Gasteiger partial charge >= 0.3 is 0 Å². The first-order valence-corrected chi connectivity index (χ1v) is 14.0. The maximum absolute atomic E-state index is 6.43. The predicted molar refractivity (Wildman–Crippen MR) is 147 cm³/mol. The van der Waals surface area contributed by atoms with Crippen molar-refractivity contribution in [2.45, 2.75) is 52.0 Å². The van der Waals surface area contributed by atoms with Crippen LogP contribution in [0.4, 0.5) is 5.82 Å². The number of aryl methyl sites for hydroxylation is 1. The fraction of sp³-hybridized carbons (Fsp3) is 0.464. The molecule has 200 valence electrons. The Morgan fingerprint density at radius 2 is 2.00 bits per heavy atom. The van der Waals surface area contributed by atoms with Gasteiger partial charge in [-0.3, -0.25) is 0 Å². The lowest BCUT2D eigenvalue weighted by Gasteiger charge is -2.34. The molecule has 0 bridgehead atoms. The number of benzene rings is 1. The van der Waals surface area contributed by atoms with E-state index in [1.54, 1.807) is 7.11 Å². The van der Waals surface area contributed by atoms with Crippen LogP contribution >= 0.6 is 11.5 Å². The van der Waals surface area contributed by atoms with Crippen molar-refractivity contribution in [2.24, 2.45) is 0 Å². The zero-order valence-electron chi connectivity index (χ0n) is 22.1. The normalized spacial score (nSPS) is 20.1. The van der Waals surface area contributed by atoms with E-state index in [1.165, 1.54) is 11.5 Å². The number of hydrogen-bond acceptors (Lipinski definition) is 9. The van der Waals surface area contributed by atoms with E-state index in [1.807, 2.05) is 41.9 Å². The molecule has 9 nitrogen and oxygen atoms in total. The molecule has 2 saturated heterocycles. The topological polar surface area (TPSA) is 83.8 Å². The maximum atomic E-state index is 6.43. The number of pyridine rings is 1. The van der Waals surface area contributed by atoms with Crippen molar-refractivity contribution in [1.29, 1.82) is 0 Å². The maximum Gasteiger partial charge on any atom is 0.150 e. The van der Waals surface area contributed by atoms with Gasteiger partial charge in [0.25, 0.3) is 0 Å². The molecule has 10 heteroatoms. The molecule has 4 aromatic rings. The van der Waals surface area contributed by atoms with Crippen molar-refractivity contribution in [3.63, 3.8) is 0 Å². The SMILES string of the molecule is COc1ccc(COc2cc(N3CCOC[C@H]3C)nc3c(-c4cc(C)nn4C4CCCCO4)nsc23)cc1. The summed E-state index contributed by atoms with van der Waals surface area (Å²) in [5.74, 6) is 2.47. The molecule has 0 radical (unpaired) electrons. The molecule has 2 fully saturated rings. The van der Waals surface area contributed by atoms with E-state index < -0.39 is 0 Å². The molecule has 1 unspecified atom stereocenters. The monoisotopic (exact) mass is 535 g/mol. The van der Waals surface area contributed by atoms with Gasteiger partial charge < -0.3 is 23.8 Å². The van der Waals surface area contributed by atoms with Crippen LogP contribution in [0.1, 0.15) is 43.7 Å². The van der Waals surface area contributed by atoms with Gasteiger partial charge in [0, 0.05) is 19.2 Å². The number of fused-ring (bicyclic) bond motifs is 1. The molecule has 2 aliphatic rings. The number of morpholine rings is 1.